The summed E-state index contributed by atoms with van der Waals surface area (Å²) in [6.07, 6.45) is 11.2. The Kier molecular flexibility index (Phi) is 18.2. The van der Waals surface area contributed by atoms with Gasteiger partial charge in [0, 0.05) is 32.6 Å². The fraction of sp³-hybridized carbons (Fsp3) is 0.844. The Bertz CT molecular complexity index is 1020. The number of rotatable bonds is 22. The first-order valence-corrected chi connectivity index (χ1v) is 16.5. The summed E-state index contributed by atoms with van der Waals surface area (Å²) in [6, 6.07) is -0.999. The van der Waals surface area contributed by atoms with Crippen LogP contribution in [0.3, 0.4) is 0 Å². The topological polar surface area (TPSA) is 185 Å². The van der Waals surface area contributed by atoms with Gasteiger partial charge in [0.05, 0.1) is 18.8 Å². The number of esters is 3. The maximum Gasteiger partial charge on any atom is 0.303 e. The summed E-state index contributed by atoms with van der Waals surface area (Å²) in [5.41, 5.74) is 9.09. The quantitative estimate of drug-likeness (QED) is 0.0294. The maximum absolute atomic E-state index is 12.0. The van der Waals surface area contributed by atoms with Crippen molar-refractivity contribution in [3.05, 3.63) is 22.6 Å². The number of nitrogens with zero attached hydrogens (tertiary/aromatic N) is 3. The number of allylic oxidation sites excluding steroid dienone is 1. The molecular weight excluding hydrogens is 602 g/mol. The Morgan fingerprint density at radius 3 is 2.07 bits per heavy atom. The van der Waals surface area contributed by atoms with Gasteiger partial charge in [0.25, 0.3) is 5.97 Å². The van der Waals surface area contributed by atoms with Crippen LogP contribution in [0.15, 0.2) is 17.3 Å². The number of azide groups is 1. The largest absolute Gasteiger partial charge is 0.463 e. The van der Waals surface area contributed by atoms with Crippen molar-refractivity contribution in [1.29, 1.82) is 0 Å². The predicted octanol–water partition coefficient (Wildman–Crippen LogP) is 5.54. The molecule has 2 heterocycles. The average Bonchev–Trinajstić information content (AvgIpc) is 3.33. The van der Waals surface area contributed by atoms with Crippen molar-refractivity contribution in [2.24, 2.45) is 5.11 Å². The smallest absolute Gasteiger partial charge is 0.303 e. The van der Waals surface area contributed by atoms with Crippen molar-refractivity contribution >= 4 is 17.9 Å². The van der Waals surface area contributed by atoms with Gasteiger partial charge in [-0.15, -0.1) is 0 Å². The van der Waals surface area contributed by atoms with Gasteiger partial charge in [0.1, 0.15) is 12.7 Å². The lowest BCUT2D eigenvalue weighted by Gasteiger charge is -2.40. The van der Waals surface area contributed by atoms with Crippen molar-refractivity contribution in [3.8, 4) is 0 Å². The highest BCUT2D eigenvalue weighted by atomic mass is 16.9. The standard InChI is InChI=1S/C32H53N3O11/c1-6-7-8-9-10-11-12-13-14-15-16-17-18-19-26(39)25(34-35-33)20-41-32(5)45-30-29(43-24(4)38)28(42-23(3)37)27(21-40-22(2)36)44-31(30)46-32/h18-19,25-31,39H,6-17,20-21H2,1-5H3/b19-18+/t25-,26+,27+,28-,29-,30+,31+,32?/m0/s1. The second-order valence-electron chi connectivity index (χ2n) is 11.9. The molecule has 0 bridgehead atoms. The maximum atomic E-state index is 12.0. The number of hydrogen-bond donors (Lipinski definition) is 1. The third-order valence-electron chi connectivity index (χ3n) is 7.74. The van der Waals surface area contributed by atoms with E-state index in [1.165, 1.54) is 85.5 Å². The molecule has 8 atom stereocenters. The zero-order chi connectivity index (χ0) is 34.0. The molecule has 0 aliphatic carbocycles. The molecule has 2 aliphatic rings. The molecule has 0 spiro atoms. The van der Waals surface area contributed by atoms with Crippen molar-refractivity contribution in [2.45, 2.75) is 160 Å². The molecule has 14 nitrogen and oxygen atoms in total. The van der Waals surface area contributed by atoms with Crippen LogP contribution in [0.2, 0.25) is 0 Å². The predicted molar refractivity (Wildman–Crippen MR) is 166 cm³/mol. The van der Waals surface area contributed by atoms with Gasteiger partial charge >= 0.3 is 17.9 Å². The summed E-state index contributed by atoms with van der Waals surface area (Å²) >= 11 is 0. The minimum atomic E-state index is -1.78. The Morgan fingerprint density at radius 1 is 0.913 bits per heavy atom. The minimum absolute atomic E-state index is 0.285. The molecule has 0 saturated carbocycles. The minimum Gasteiger partial charge on any atom is -0.463 e. The lowest BCUT2D eigenvalue weighted by Crippen LogP contribution is -2.60. The van der Waals surface area contributed by atoms with E-state index in [0.29, 0.717) is 0 Å². The lowest BCUT2D eigenvalue weighted by atomic mass is 9.98. The van der Waals surface area contributed by atoms with Crippen LogP contribution < -0.4 is 0 Å². The number of ether oxygens (including phenoxy) is 7. The molecule has 14 heteroatoms. The van der Waals surface area contributed by atoms with Crippen molar-refractivity contribution < 1.29 is 52.6 Å². The van der Waals surface area contributed by atoms with E-state index < -0.39 is 66.7 Å². The lowest BCUT2D eigenvalue weighted by molar-refractivity contribution is -0.345. The number of carbonyl (C=O) groups excluding carboxylic acids is 3. The first-order chi connectivity index (χ1) is 22.0. The number of aliphatic hydroxyl groups excluding tert-OH is 1. The van der Waals surface area contributed by atoms with Gasteiger partial charge < -0.3 is 33.5 Å². The Labute approximate surface area is 272 Å². The normalized spacial score (nSPS) is 27.0. The van der Waals surface area contributed by atoms with E-state index in [9.17, 15) is 19.5 Å². The molecule has 2 saturated heterocycles. The molecule has 1 N–H and O–H groups in total. The van der Waals surface area contributed by atoms with E-state index in [4.69, 9.17) is 38.7 Å². The van der Waals surface area contributed by atoms with Crippen LogP contribution >= 0.6 is 0 Å². The average molecular weight is 656 g/mol. The van der Waals surface area contributed by atoms with Crippen LogP contribution in [0.25, 0.3) is 10.4 Å². The summed E-state index contributed by atoms with van der Waals surface area (Å²) in [5.74, 6) is -3.74. The Balaban J connectivity index is 1.90. The van der Waals surface area contributed by atoms with Gasteiger partial charge in [0.15, 0.2) is 24.6 Å². The zero-order valence-electron chi connectivity index (χ0n) is 28.0. The second-order valence-corrected chi connectivity index (χ2v) is 11.9. The fourth-order valence-electron chi connectivity index (χ4n) is 5.44. The highest BCUT2D eigenvalue weighted by Crippen LogP contribution is 2.39. The number of unbranched alkanes of at least 4 members (excludes halogenated alkanes) is 11. The third-order valence-corrected chi connectivity index (χ3v) is 7.74. The fourth-order valence-corrected chi connectivity index (χ4v) is 5.44. The third kappa shape index (κ3) is 14.4. The monoisotopic (exact) mass is 655 g/mol. The van der Waals surface area contributed by atoms with Crippen LogP contribution in [0.4, 0.5) is 0 Å². The molecule has 1 unspecified atom stereocenters. The molecule has 2 rings (SSSR count). The Morgan fingerprint density at radius 2 is 1.50 bits per heavy atom. The van der Waals surface area contributed by atoms with Crippen molar-refractivity contribution in [3.63, 3.8) is 0 Å². The Hall–Kier alpha value is -2.74. The van der Waals surface area contributed by atoms with E-state index in [-0.39, 0.29) is 13.2 Å². The van der Waals surface area contributed by atoms with Gasteiger partial charge in [0.2, 0.25) is 0 Å². The van der Waals surface area contributed by atoms with Crippen molar-refractivity contribution in [2.75, 3.05) is 13.2 Å². The van der Waals surface area contributed by atoms with Crippen LogP contribution in [0, 0.1) is 0 Å². The summed E-state index contributed by atoms with van der Waals surface area (Å²) in [7, 11) is 0. The van der Waals surface area contributed by atoms with E-state index in [1.54, 1.807) is 6.08 Å². The van der Waals surface area contributed by atoms with Crippen molar-refractivity contribution in [1.82, 2.24) is 0 Å². The molecular formula is C32H53N3O11. The van der Waals surface area contributed by atoms with E-state index in [0.717, 1.165) is 19.3 Å². The van der Waals surface area contributed by atoms with Gasteiger partial charge in [-0.3, -0.25) is 19.1 Å². The first kappa shape index (κ1) is 39.4. The number of hydrogen-bond acceptors (Lipinski definition) is 12. The summed E-state index contributed by atoms with van der Waals surface area (Å²) in [4.78, 5) is 38.1. The zero-order valence-corrected chi connectivity index (χ0v) is 28.0. The molecule has 0 amide bonds. The van der Waals surface area contributed by atoms with Crippen LogP contribution in [0.1, 0.15) is 112 Å². The molecule has 2 fully saturated rings. The number of aliphatic hydroxyl groups is 1. The molecule has 0 radical (unpaired) electrons. The van der Waals surface area contributed by atoms with Gasteiger partial charge in [-0.1, -0.05) is 88.4 Å². The van der Waals surface area contributed by atoms with E-state index in [2.05, 4.69) is 16.9 Å². The molecule has 46 heavy (non-hydrogen) atoms. The molecule has 262 valence electrons. The molecule has 0 aromatic rings. The summed E-state index contributed by atoms with van der Waals surface area (Å²) < 4.78 is 39.5. The van der Waals surface area contributed by atoms with Gasteiger partial charge in [-0.2, -0.15) is 0 Å². The van der Waals surface area contributed by atoms with Crippen LogP contribution in [-0.4, -0.2) is 85.1 Å². The van der Waals surface area contributed by atoms with Gasteiger partial charge in [-0.25, -0.2) is 0 Å². The molecule has 0 aromatic carbocycles. The summed E-state index contributed by atoms with van der Waals surface area (Å²) in [6.45, 7) is 6.63. The SMILES string of the molecule is CCCCCCCCCCCCC/C=C/[C@@H](O)[C@H](COC1(C)O[C@H]2O[C@H](COC(C)=O)[C@H](OC(C)=O)[C@H](OC(C)=O)[C@H]2O1)N=[N+]=[N-]. The van der Waals surface area contributed by atoms with Crippen LogP contribution in [0.5, 0.6) is 0 Å². The molecule has 0 aromatic heterocycles. The summed E-state index contributed by atoms with van der Waals surface area (Å²) in [5, 5.41) is 14.4. The number of carbonyl (C=O) groups is 3. The first-order valence-electron chi connectivity index (χ1n) is 16.5. The molecule has 2 aliphatic heterocycles. The van der Waals surface area contributed by atoms with E-state index >= 15 is 0 Å². The van der Waals surface area contributed by atoms with Crippen LogP contribution in [-0.2, 0) is 47.5 Å². The van der Waals surface area contributed by atoms with E-state index in [1.807, 2.05) is 6.08 Å². The highest BCUT2D eigenvalue weighted by Gasteiger charge is 2.59. The second kappa shape index (κ2) is 21.2. The van der Waals surface area contributed by atoms with Gasteiger partial charge in [-0.05, 0) is 18.4 Å². The highest BCUT2D eigenvalue weighted by molar-refractivity contribution is 5.68. The number of fused-ring (bicyclic) bond motifs is 1.